The maximum atomic E-state index is 5.72. The molecule has 70 heavy (non-hydrogen) atoms. The lowest BCUT2D eigenvalue weighted by molar-refractivity contribution is 1.02. The summed E-state index contributed by atoms with van der Waals surface area (Å²) in [5.74, 6) is 0.642. The molecule has 5 aromatic heterocycles. The van der Waals surface area contributed by atoms with Gasteiger partial charge in [0.1, 0.15) is 0 Å². The molecule has 0 aliphatic rings. The van der Waals surface area contributed by atoms with Gasteiger partial charge in [-0.25, -0.2) is 9.97 Å². The summed E-state index contributed by atoms with van der Waals surface area (Å²) in [4.78, 5) is 12.4. The Kier molecular flexibility index (Phi) is 8.46. The van der Waals surface area contributed by atoms with E-state index in [1.54, 1.807) is 11.3 Å². The van der Waals surface area contributed by atoms with Crippen LogP contribution in [-0.4, -0.2) is 23.7 Å². The third kappa shape index (κ3) is 5.78. The summed E-state index contributed by atoms with van der Waals surface area (Å²) in [5.41, 5.74) is 15.5. The van der Waals surface area contributed by atoms with Crippen LogP contribution in [0.3, 0.4) is 0 Å². The molecule has 0 N–H and O–H groups in total. The van der Waals surface area contributed by atoms with Crippen LogP contribution in [-0.2, 0) is 0 Å². The van der Waals surface area contributed by atoms with Crippen LogP contribution in [0, 0.1) is 0 Å². The first-order valence-corrected chi connectivity index (χ1v) is 24.6. The van der Waals surface area contributed by atoms with E-state index in [4.69, 9.17) is 9.97 Å². The van der Waals surface area contributed by atoms with Crippen LogP contribution in [0.2, 0.25) is 0 Å². The Hall–Kier alpha value is -9.10. The average molecular weight is 910 g/mol. The number of benzene rings is 10. The summed E-state index contributed by atoms with van der Waals surface area (Å²) in [5, 5.41) is 9.49. The molecule has 5 nitrogen and oxygen atoms in total. The van der Waals surface area contributed by atoms with Crippen LogP contribution in [0.1, 0.15) is 0 Å². The second kappa shape index (κ2) is 15.2. The van der Waals surface area contributed by atoms with E-state index < -0.39 is 0 Å². The molecule has 0 spiro atoms. The van der Waals surface area contributed by atoms with Crippen LogP contribution in [0.4, 0.5) is 0 Å². The van der Waals surface area contributed by atoms with Crippen molar-refractivity contribution < 1.29 is 0 Å². The van der Waals surface area contributed by atoms with Gasteiger partial charge in [0.2, 0.25) is 5.95 Å². The Morgan fingerprint density at radius 3 is 1.69 bits per heavy atom. The van der Waals surface area contributed by atoms with Crippen molar-refractivity contribution in [3.63, 3.8) is 0 Å². The van der Waals surface area contributed by atoms with Gasteiger partial charge in [-0.1, -0.05) is 164 Å². The topological polar surface area (TPSA) is 40.6 Å². The maximum Gasteiger partial charge on any atom is 0.235 e. The average Bonchev–Trinajstić information content (AvgIpc) is 4.19. The molecular formula is C64H39N5S. The van der Waals surface area contributed by atoms with Gasteiger partial charge in [-0.05, 0) is 94.9 Å². The highest BCUT2D eigenvalue weighted by Crippen LogP contribution is 2.45. The predicted octanol–water partition coefficient (Wildman–Crippen LogP) is 17.1. The zero-order chi connectivity index (χ0) is 45.9. The van der Waals surface area contributed by atoms with Crippen molar-refractivity contribution in [2.24, 2.45) is 0 Å². The lowest BCUT2D eigenvalue weighted by atomic mass is 9.97. The summed E-state index contributed by atoms with van der Waals surface area (Å²) in [7, 11) is 0. The van der Waals surface area contributed by atoms with Crippen molar-refractivity contribution in [2.75, 3.05) is 0 Å². The smallest absolute Gasteiger partial charge is 0.235 e. The minimum atomic E-state index is 0.642. The normalized spacial score (nSPS) is 12.0. The van der Waals surface area contributed by atoms with Gasteiger partial charge < -0.3 is 9.13 Å². The van der Waals surface area contributed by atoms with Gasteiger partial charge in [0.25, 0.3) is 0 Å². The standard InChI is InChI=1S/C64H39N5S/c1-4-18-41(19-5-1)59-39-53-63(70-59)61(43-33-36-56-51(38-43)48-25-12-14-28-54(48)67(56)44-20-6-2-7-21-44)66-64(65-53)69-57-35-32-42(37-52(57)49-34-31-40-17-10-11-24-47(40)62(49)69)46-27-16-30-58-60(46)50-26-13-15-29-55(50)68(58)45-22-8-3-9-23-45/h1-39H. The molecule has 0 aliphatic carbocycles. The third-order valence-corrected chi connectivity index (χ3v) is 15.4. The fourth-order valence-electron chi connectivity index (χ4n) is 11.2. The molecule has 15 rings (SSSR count). The summed E-state index contributed by atoms with van der Waals surface area (Å²) in [6, 6.07) is 85.5. The van der Waals surface area contributed by atoms with Gasteiger partial charge in [-0.2, -0.15) is 0 Å². The SMILES string of the molecule is c1ccc(-c2cc3nc(-n4c5ccc(-c6cccc7c6c6ccccc6n7-c6ccccc6)cc5c5ccc6ccccc6c54)nc(-c4ccc5c(c4)c4ccccc4n5-c4ccccc4)c3s2)cc1. The van der Waals surface area contributed by atoms with Crippen LogP contribution in [0.25, 0.3) is 137 Å². The van der Waals surface area contributed by atoms with E-state index in [1.807, 2.05) is 0 Å². The molecule has 0 unspecified atom stereocenters. The molecule has 0 atom stereocenters. The number of fused-ring (bicyclic) bond motifs is 12. The van der Waals surface area contributed by atoms with E-state index in [-0.39, 0.29) is 0 Å². The lowest BCUT2D eigenvalue weighted by Gasteiger charge is -2.12. The molecule has 0 fully saturated rings. The molecule has 0 amide bonds. The van der Waals surface area contributed by atoms with Crippen molar-refractivity contribution in [1.29, 1.82) is 0 Å². The van der Waals surface area contributed by atoms with Crippen LogP contribution < -0.4 is 0 Å². The fourth-order valence-corrected chi connectivity index (χ4v) is 12.3. The van der Waals surface area contributed by atoms with Crippen molar-refractivity contribution in [2.45, 2.75) is 0 Å². The zero-order valence-electron chi connectivity index (χ0n) is 37.7. The largest absolute Gasteiger partial charge is 0.309 e. The molecule has 0 radical (unpaired) electrons. The molecule has 0 aliphatic heterocycles. The molecule has 0 saturated carbocycles. The molecular weight excluding hydrogens is 871 g/mol. The second-order valence-corrected chi connectivity index (χ2v) is 19.2. The van der Waals surface area contributed by atoms with Gasteiger partial charge in [0, 0.05) is 59.5 Å². The van der Waals surface area contributed by atoms with E-state index in [2.05, 4.69) is 250 Å². The fraction of sp³-hybridized carbons (Fsp3) is 0. The van der Waals surface area contributed by atoms with E-state index in [0.29, 0.717) is 5.95 Å². The number of hydrogen-bond donors (Lipinski definition) is 0. The molecule has 6 heteroatoms. The Bertz CT molecular complexity index is 4580. The molecule has 0 bridgehead atoms. The Labute approximate surface area is 406 Å². The predicted molar refractivity (Wildman–Crippen MR) is 294 cm³/mol. The van der Waals surface area contributed by atoms with Gasteiger partial charge in [-0.15, -0.1) is 11.3 Å². The third-order valence-electron chi connectivity index (χ3n) is 14.3. The van der Waals surface area contributed by atoms with E-state index in [9.17, 15) is 0 Å². The molecule has 326 valence electrons. The quantitative estimate of drug-likeness (QED) is 0.167. The summed E-state index contributed by atoms with van der Waals surface area (Å²) in [6.45, 7) is 0. The van der Waals surface area contributed by atoms with Crippen molar-refractivity contribution >= 4 is 97.7 Å². The molecule has 10 aromatic carbocycles. The van der Waals surface area contributed by atoms with E-state index in [1.165, 1.54) is 49.0 Å². The maximum absolute atomic E-state index is 5.72. The highest BCUT2D eigenvalue weighted by atomic mass is 32.1. The minimum Gasteiger partial charge on any atom is -0.309 e. The van der Waals surface area contributed by atoms with Crippen molar-refractivity contribution in [1.82, 2.24) is 23.7 Å². The van der Waals surface area contributed by atoms with Crippen LogP contribution in [0.5, 0.6) is 0 Å². The molecule has 5 heterocycles. The Morgan fingerprint density at radius 1 is 0.343 bits per heavy atom. The van der Waals surface area contributed by atoms with Gasteiger partial charge in [-0.3, -0.25) is 4.57 Å². The number of para-hydroxylation sites is 4. The molecule has 15 aromatic rings. The monoisotopic (exact) mass is 909 g/mol. The summed E-state index contributed by atoms with van der Waals surface area (Å²) < 4.78 is 8.14. The first-order chi connectivity index (χ1) is 34.7. The van der Waals surface area contributed by atoms with Gasteiger partial charge >= 0.3 is 0 Å². The first kappa shape index (κ1) is 38.9. The summed E-state index contributed by atoms with van der Waals surface area (Å²) >= 11 is 1.76. The summed E-state index contributed by atoms with van der Waals surface area (Å²) in [6.07, 6.45) is 0. The lowest BCUT2D eigenvalue weighted by Crippen LogP contribution is -2.03. The van der Waals surface area contributed by atoms with Crippen LogP contribution in [0.15, 0.2) is 237 Å². The zero-order valence-corrected chi connectivity index (χ0v) is 38.5. The van der Waals surface area contributed by atoms with Gasteiger partial charge in [0.05, 0.1) is 49.0 Å². The van der Waals surface area contributed by atoms with Gasteiger partial charge in [0.15, 0.2) is 0 Å². The number of nitrogens with zero attached hydrogens (tertiary/aromatic N) is 5. The number of rotatable bonds is 6. The van der Waals surface area contributed by atoms with Crippen molar-refractivity contribution in [3.05, 3.63) is 237 Å². The highest BCUT2D eigenvalue weighted by Gasteiger charge is 2.23. The number of hydrogen-bond acceptors (Lipinski definition) is 3. The molecule has 0 saturated heterocycles. The van der Waals surface area contributed by atoms with Crippen LogP contribution >= 0.6 is 11.3 Å². The Balaban J connectivity index is 0.996. The second-order valence-electron chi connectivity index (χ2n) is 18.1. The Morgan fingerprint density at radius 2 is 0.914 bits per heavy atom. The first-order valence-electron chi connectivity index (χ1n) is 23.7. The number of aromatic nitrogens is 5. The van der Waals surface area contributed by atoms with Crippen molar-refractivity contribution in [3.8, 4) is 50.1 Å². The number of thiophene rings is 1. The minimum absolute atomic E-state index is 0.642. The highest BCUT2D eigenvalue weighted by molar-refractivity contribution is 7.22. The van der Waals surface area contributed by atoms with E-state index in [0.717, 1.165) is 81.6 Å². The van der Waals surface area contributed by atoms with E-state index >= 15 is 0 Å².